The number of benzene rings is 2. The summed E-state index contributed by atoms with van der Waals surface area (Å²) in [5.74, 6) is 0.767. The van der Waals surface area contributed by atoms with Crippen LogP contribution in [0.2, 0.25) is 0 Å². The Bertz CT molecular complexity index is 579. The Hall–Kier alpha value is -2.27. The van der Waals surface area contributed by atoms with Gasteiger partial charge < -0.3 is 4.74 Å². The Kier molecular flexibility index (Phi) is 3.64. The predicted molar refractivity (Wildman–Crippen MR) is 72.5 cm³/mol. The number of nitrogens with zero attached hydrogens (tertiary/aromatic N) is 1. The summed E-state index contributed by atoms with van der Waals surface area (Å²) in [5.41, 5.74) is 3.92. The van der Waals surface area contributed by atoms with Crippen LogP contribution in [-0.4, -0.2) is 7.11 Å². The fraction of sp³-hybridized carbons (Fsp3) is 0.188. The lowest BCUT2D eigenvalue weighted by molar-refractivity contribution is 0.415. The van der Waals surface area contributed by atoms with E-state index >= 15 is 0 Å². The molecule has 0 saturated heterocycles. The molecule has 2 aromatic rings. The molecular formula is C16H15NO. The summed E-state index contributed by atoms with van der Waals surface area (Å²) < 4.78 is 5.21. The molecule has 18 heavy (non-hydrogen) atoms. The zero-order chi connectivity index (χ0) is 13.0. The van der Waals surface area contributed by atoms with Crippen LogP contribution in [0.15, 0.2) is 42.5 Å². The molecule has 2 rings (SSSR count). The highest BCUT2D eigenvalue weighted by molar-refractivity contribution is 5.72. The Morgan fingerprint density at radius 3 is 2.39 bits per heavy atom. The van der Waals surface area contributed by atoms with Crippen molar-refractivity contribution in [3.05, 3.63) is 53.6 Å². The normalized spacial score (nSPS) is 9.83. The molecule has 2 heteroatoms. The number of methoxy groups -OCH3 is 1. The van der Waals surface area contributed by atoms with Crippen LogP contribution in [0.25, 0.3) is 11.1 Å². The van der Waals surface area contributed by atoms with E-state index in [-0.39, 0.29) is 0 Å². The quantitative estimate of drug-likeness (QED) is 0.813. The van der Waals surface area contributed by atoms with Gasteiger partial charge >= 0.3 is 0 Å². The molecular weight excluding hydrogens is 222 g/mol. The standard InChI is InChI=1S/C16H15NO/c1-3-12-4-6-13(7-5-12)16-10-15(18-2)9-8-14(16)11-17/h4-10H,3H2,1-2H3. The number of ether oxygens (including phenoxy) is 1. The van der Waals surface area contributed by atoms with Gasteiger partial charge in [0.05, 0.1) is 18.7 Å². The van der Waals surface area contributed by atoms with Crippen LogP contribution in [0.1, 0.15) is 18.1 Å². The van der Waals surface area contributed by atoms with Crippen molar-refractivity contribution in [2.75, 3.05) is 7.11 Å². The molecule has 0 bridgehead atoms. The first-order valence-corrected chi connectivity index (χ1v) is 5.96. The zero-order valence-corrected chi connectivity index (χ0v) is 10.6. The van der Waals surface area contributed by atoms with E-state index in [9.17, 15) is 0 Å². The smallest absolute Gasteiger partial charge is 0.119 e. The van der Waals surface area contributed by atoms with Gasteiger partial charge in [0.25, 0.3) is 0 Å². The zero-order valence-electron chi connectivity index (χ0n) is 10.6. The van der Waals surface area contributed by atoms with Gasteiger partial charge in [0.1, 0.15) is 5.75 Å². The van der Waals surface area contributed by atoms with E-state index in [1.165, 1.54) is 5.56 Å². The molecule has 0 unspecified atom stereocenters. The van der Waals surface area contributed by atoms with Crippen LogP contribution in [0.5, 0.6) is 5.75 Å². The van der Waals surface area contributed by atoms with Gasteiger partial charge in [0.15, 0.2) is 0 Å². The highest BCUT2D eigenvalue weighted by Gasteiger charge is 2.06. The van der Waals surface area contributed by atoms with E-state index in [1.54, 1.807) is 13.2 Å². The highest BCUT2D eigenvalue weighted by Crippen LogP contribution is 2.27. The molecule has 0 N–H and O–H groups in total. The van der Waals surface area contributed by atoms with Gasteiger partial charge in [0.2, 0.25) is 0 Å². The van der Waals surface area contributed by atoms with Crippen molar-refractivity contribution in [2.45, 2.75) is 13.3 Å². The van der Waals surface area contributed by atoms with E-state index < -0.39 is 0 Å². The number of hydrogen-bond acceptors (Lipinski definition) is 2. The van der Waals surface area contributed by atoms with Gasteiger partial charge in [-0.3, -0.25) is 0 Å². The van der Waals surface area contributed by atoms with E-state index in [1.807, 2.05) is 12.1 Å². The monoisotopic (exact) mass is 237 g/mol. The van der Waals surface area contributed by atoms with Gasteiger partial charge in [-0.2, -0.15) is 5.26 Å². The minimum atomic E-state index is 0.667. The molecule has 2 aromatic carbocycles. The fourth-order valence-electron chi connectivity index (χ4n) is 1.91. The summed E-state index contributed by atoms with van der Waals surface area (Å²) in [6, 6.07) is 16.0. The summed E-state index contributed by atoms with van der Waals surface area (Å²) in [4.78, 5) is 0. The third-order valence-corrected chi connectivity index (χ3v) is 3.02. The SMILES string of the molecule is CCc1ccc(-c2cc(OC)ccc2C#N)cc1. The Labute approximate surface area is 107 Å². The lowest BCUT2D eigenvalue weighted by Gasteiger charge is -2.08. The molecule has 0 radical (unpaired) electrons. The molecule has 0 spiro atoms. The minimum Gasteiger partial charge on any atom is -0.497 e. The summed E-state index contributed by atoms with van der Waals surface area (Å²) in [6.45, 7) is 2.13. The van der Waals surface area contributed by atoms with Crippen LogP contribution < -0.4 is 4.74 Å². The lowest BCUT2D eigenvalue weighted by atomic mass is 9.98. The van der Waals surface area contributed by atoms with Gasteiger partial charge in [-0.15, -0.1) is 0 Å². The first kappa shape index (κ1) is 12.2. The Morgan fingerprint density at radius 1 is 1.11 bits per heavy atom. The maximum absolute atomic E-state index is 9.15. The Balaban J connectivity index is 2.50. The van der Waals surface area contributed by atoms with Crippen molar-refractivity contribution in [1.29, 1.82) is 5.26 Å². The molecule has 2 nitrogen and oxygen atoms in total. The second-order valence-corrected chi connectivity index (χ2v) is 4.07. The molecule has 0 aromatic heterocycles. The van der Waals surface area contributed by atoms with Gasteiger partial charge in [-0.25, -0.2) is 0 Å². The van der Waals surface area contributed by atoms with E-state index in [2.05, 4.69) is 37.3 Å². The van der Waals surface area contributed by atoms with E-state index in [0.29, 0.717) is 5.56 Å². The van der Waals surface area contributed by atoms with E-state index in [0.717, 1.165) is 23.3 Å². The van der Waals surface area contributed by atoms with Crippen LogP contribution in [-0.2, 0) is 6.42 Å². The summed E-state index contributed by atoms with van der Waals surface area (Å²) in [7, 11) is 1.63. The summed E-state index contributed by atoms with van der Waals surface area (Å²) >= 11 is 0. The maximum Gasteiger partial charge on any atom is 0.119 e. The second-order valence-electron chi connectivity index (χ2n) is 4.07. The topological polar surface area (TPSA) is 33.0 Å². The van der Waals surface area contributed by atoms with Crippen molar-refractivity contribution in [3.63, 3.8) is 0 Å². The first-order valence-electron chi connectivity index (χ1n) is 5.96. The van der Waals surface area contributed by atoms with E-state index in [4.69, 9.17) is 10.00 Å². The van der Waals surface area contributed by atoms with Crippen LogP contribution in [0.3, 0.4) is 0 Å². The average molecular weight is 237 g/mol. The highest BCUT2D eigenvalue weighted by atomic mass is 16.5. The molecule has 0 atom stereocenters. The summed E-state index contributed by atoms with van der Waals surface area (Å²) in [5, 5.41) is 9.15. The number of hydrogen-bond donors (Lipinski definition) is 0. The summed E-state index contributed by atoms with van der Waals surface area (Å²) in [6.07, 6.45) is 1.02. The van der Waals surface area contributed by atoms with Crippen LogP contribution in [0.4, 0.5) is 0 Å². The first-order chi connectivity index (χ1) is 8.78. The largest absolute Gasteiger partial charge is 0.497 e. The van der Waals surface area contributed by atoms with Gasteiger partial charge in [-0.05, 0) is 35.7 Å². The molecule has 0 aliphatic rings. The third-order valence-electron chi connectivity index (χ3n) is 3.02. The van der Waals surface area contributed by atoms with Crippen LogP contribution in [0, 0.1) is 11.3 Å². The molecule has 0 amide bonds. The number of nitriles is 1. The van der Waals surface area contributed by atoms with Crippen molar-refractivity contribution in [1.82, 2.24) is 0 Å². The van der Waals surface area contributed by atoms with Crippen molar-refractivity contribution in [3.8, 4) is 22.9 Å². The predicted octanol–water partition coefficient (Wildman–Crippen LogP) is 3.80. The molecule has 0 saturated carbocycles. The average Bonchev–Trinajstić information content (AvgIpc) is 2.46. The van der Waals surface area contributed by atoms with Crippen molar-refractivity contribution >= 4 is 0 Å². The maximum atomic E-state index is 9.15. The van der Waals surface area contributed by atoms with Crippen LogP contribution >= 0.6 is 0 Å². The molecule has 90 valence electrons. The molecule has 0 aliphatic heterocycles. The van der Waals surface area contributed by atoms with Gasteiger partial charge in [-0.1, -0.05) is 31.2 Å². The van der Waals surface area contributed by atoms with Crippen molar-refractivity contribution in [2.24, 2.45) is 0 Å². The molecule has 0 heterocycles. The number of aryl methyl sites for hydroxylation is 1. The van der Waals surface area contributed by atoms with Gasteiger partial charge in [0, 0.05) is 5.56 Å². The fourth-order valence-corrected chi connectivity index (χ4v) is 1.91. The Morgan fingerprint density at radius 2 is 1.83 bits per heavy atom. The second kappa shape index (κ2) is 5.37. The molecule has 0 aliphatic carbocycles. The number of rotatable bonds is 3. The molecule has 0 fully saturated rings. The minimum absolute atomic E-state index is 0.667. The lowest BCUT2D eigenvalue weighted by Crippen LogP contribution is -1.89. The third kappa shape index (κ3) is 2.36. The van der Waals surface area contributed by atoms with Crippen molar-refractivity contribution < 1.29 is 4.74 Å².